The molecule has 2 atom stereocenters. The van der Waals surface area contributed by atoms with Gasteiger partial charge in [-0.2, -0.15) is 18.3 Å². The summed E-state index contributed by atoms with van der Waals surface area (Å²) in [5, 5.41) is 7.18. The zero-order valence-corrected chi connectivity index (χ0v) is 18.5. The number of nitrogens with one attached hydrogen (secondary N) is 1. The first-order chi connectivity index (χ1) is 15.2. The standard InChI is InChI=1S/C23H30F3N5O/c1-16-13-21(23(24,25)26)28-31(16)12-10-22(32)30-14-17-5-3-4-6-20(17)27-11-9-18-7-8-19(15-30)29(18)2/h3-6,13,18-19,27H,7-12,14-15H2,1-2H3/t18-,19+/m0/s1. The van der Waals surface area contributed by atoms with Crippen molar-refractivity contribution in [3.05, 3.63) is 47.3 Å². The topological polar surface area (TPSA) is 53.4 Å². The number of halogens is 3. The third-order valence-electron chi connectivity index (χ3n) is 6.75. The van der Waals surface area contributed by atoms with Gasteiger partial charge in [0.05, 0.1) is 0 Å². The minimum absolute atomic E-state index is 0.0700. The molecule has 0 aliphatic carbocycles. The first-order valence-electron chi connectivity index (χ1n) is 11.2. The summed E-state index contributed by atoms with van der Waals surface area (Å²) in [6, 6.07) is 9.80. The van der Waals surface area contributed by atoms with Crippen molar-refractivity contribution in [2.45, 2.75) is 64.0 Å². The molecule has 0 radical (unpaired) electrons. The molecule has 1 fully saturated rings. The average molecular weight is 450 g/mol. The Kier molecular flexibility index (Phi) is 6.46. The summed E-state index contributed by atoms with van der Waals surface area (Å²) in [6.45, 7) is 3.68. The van der Waals surface area contributed by atoms with Crippen molar-refractivity contribution < 1.29 is 18.0 Å². The molecule has 174 valence electrons. The number of likely N-dealkylation sites (N-methyl/N-ethyl adjacent to an activating group) is 1. The van der Waals surface area contributed by atoms with Crippen LogP contribution in [-0.2, 0) is 24.1 Å². The summed E-state index contributed by atoms with van der Waals surface area (Å²) in [4.78, 5) is 17.5. The number of carbonyl (C=O) groups is 1. The van der Waals surface area contributed by atoms with E-state index in [2.05, 4.69) is 22.4 Å². The summed E-state index contributed by atoms with van der Waals surface area (Å²) in [6.07, 6.45) is -1.18. The highest BCUT2D eigenvalue weighted by Crippen LogP contribution is 2.29. The van der Waals surface area contributed by atoms with E-state index < -0.39 is 11.9 Å². The Morgan fingerprint density at radius 2 is 1.94 bits per heavy atom. The van der Waals surface area contributed by atoms with Gasteiger partial charge < -0.3 is 10.2 Å². The molecular weight excluding hydrogens is 419 g/mol. The van der Waals surface area contributed by atoms with E-state index in [1.54, 1.807) is 6.92 Å². The van der Waals surface area contributed by atoms with Crippen molar-refractivity contribution in [2.75, 3.05) is 25.5 Å². The van der Waals surface area contributed by atoms with Crippen molar-refractivity contribution in [3.8, 4) is 0 Å². The van der Waals surface area contributed by atoms with Gasteiger partial charge in [-0.05, 0) is 50.9 Å². The molecule has 1 aromatic carbocycles. The zero-order valence-electron chi connectivity index (χ0n) is 18.5. The number of amides is 1. The van der Waals surface area contributed by atoms with Crippen LogP contribution in [0.25, 0.3) is 0 Å². The van der Waals surface area contributed by atoms with Crippen LogP contribution in [0.5, 0.6) is 0 Å². The van der Waals surface area contributed by atoms with Crippen LogP contribution in [0.1, 0.15) is 42.6 Å². The molecular formula is C23H30F3N5O. The number of carbonyl (C=O) groups excluding carboxylic acids is 1. The van der Waals surface area contributed by atoms with Crippen molar-refractivity contribution in [1.82, 2.24) is 19.6 Å². The number of aryl methyl sites for hydroxylation is 2. The second kappa shape index (κ2) is 9.13. The lowest BCUT2D eigenvalue weighted by atomic mass is 10.1. The highest BCUT2D eigenvalue weighted by atomic mass is 19.4. The fourth-order valence-electron chi connectivity index (χ4n) is 4.81. The Labute approximate surface area is 186 Å². The van der Waals surface area contributed by atoms with Crippen LogP contribution >= 0.6 is 0 Å². The van der Waals surface area contributed by atoms with Crippen LogP contribution in [0.15, 0.2) is 30.3 Å². The molecule has 2 aromatic rings. The van der Waals surface area contributed by atoms with E-state index in [0.29, 0.717) is 24.8 Å². The van der Waals surface area contributed by atoms with E-state index in [9.17, 15) is 18.0 Å². The number of anilines is 1. The lowest BCUT2D eigenvalue weighted by Crippen LogP contribution is -2.43. The van der Waals surface area contributed by atoms with Crippen molar-refractivity contribution >= 4 is 11.6 Å². The molecule has 0 saturated carbocycles. The first-order valence-corrected chi connectivity index (χ1v) is 11.2. The zero-order chi connectivity index (χ0) is 22.9. The highest BCUT2D eigenvalue weighted by molar-refractivity contribution is 5.76. The van der Waals surface area contributed by atoms with Gasteiger partial charge in [-0.1, -0.05) is 18.2 Å². The summed E-state index contributed by atoms with van der Waals surface area (Å²) < 4.78 is 40.2. The molecule has 2 aliphatic rings. The van der Waals surface area contributed by atoms with Gasteiger partial charge in [0, 0.05) is 56.1 Å². The predicted octanol–water partition coefficient (Wildman–Crippen LogP) is 3.91. The predicted molar refractivity (Wildman–Crippen MR) is 116 cm³/mol. The summed E-state index contributed by atoms with van der Waals surface area (Å²) in [5.41, 5.74) is 1.56. The number of fused-ring (bicyclic) bond motifs is 3. The molecule has 0 spiro atoms. The molecule has 2 bridgehead atoms. The van der Waals surface area contributed by atoms with Crippen molar-refractivity contribution in [2.24, 2.45) is 0 Å². The largest absolute Gasteiger partial charge is 0.435 e. The van der Waals surface area contributed by atoms with Gasteiger partial charge >= 0.3 is 6.18 Å². The molecule has 9 heteroatoms. The number of hydrogen-bond acceptors (Lipinski definition) is 4. The van der Waals surface area contributed by atoms with Crippen molar-refractivity contribution in [1.29, 1.82) is 0 Å². The third-order valence-corrected chi connectivity index (χ3v) is 6.75. The Balaban J connectivity index is 1.52. The Bertz CT molecular complexity index is 957. The van der Waals surface area contributed by atoms with E-state index in [0.717, 1.165) is 43.1 Å². The van der Waals surface area contributed by atoms with Gasteiger partial charge in [0.15, 0.2) is 5.69 Å². The number of alkyl halides is 3. The Morgan fingerprint density at radius 1 is 1.19 bits per heavy atom. The van der Waals surface area contributed by atoms with Crippen LogP contribution in [0.3, 0.4) is 0 Å². The average Bonchev–Trinajstić information content (AvgIpc) is 3.28. The summed E-state index contributed by atoms with van der Waals surface area (Å²) in [5.74, 6) is -0.0700. The SMILES string of the molecule is Cc1cc(C(F)(F)F)nn1CCC(=O)N1Cc2ccccc2NCC[C@@H]2CC[C@H](C1)N2C. The van der Waals surface area contributed by atoms with E-state index in [4.69, 9.17) is 0 Å². The number of aromatic nitrogens is 2. The van der Waals surface area contributed by atoms with Crippen molar-refractivity contribution in [3.63, 3.8) is 0 Å². The molecule has 6 nitrogen and oxygen atoms in total. The maximum atomic E-state index is 13.3. The maximum absolute atomic E-state index is 13.3. The number of rotatable bonds is 3. The van der Waals surface area contributed by atoms with E-state index in [-0.39, 0.29) is 24.9 Å². The van der Waals surface area contributed by atoms with Gasteiger partial charge in [0.2, 0.25) is 5.91 Å². The number of benzene rings is 1. The second-order valence-electron chi connectivity index (χ2n) is 8.84. The van der Waals surface area contributed by atoms with Gasteiger partial charge in [0.1, 0.15) is 0 Å². The monoisotopic (exact) mass is 449 g/mol. The van der Waals surface area contributed by atoms with Crippen LogP contribution < -0.4 is 5.32 Å². The molecule has 4 rings (SSSR count). The molecule has 32 heavy (non-hydrogen) atoms. The Morgan fingerprint density at radius 3 is 2.69 bits per heavy atom. The number of nitrogens with zero attached hydrogens (tertiary/aromatic N) is 4. The fourth-order valence-corrected chi connectivity index (χ4v) is 4.81. The quantitative estimate of drug-likeness (QED) is 0.772. The smallest absolute Gasteiger partial charge is 0.385 e. The lowest BCUT2D eigenvalue weighted by molar-refractivity contribution is -0.141. The van der Waals surface area contributed by atoms with Gasteiger partial charge in [-0.25, -0.2) is 0 Å². The van der Waals surface area contributed by atoms with Gasteiger partial charge in [-0.15, -0.1) is 0 Å². The fraction of sp³-hybridized carbons (Fsp3) is 0.565. The summed E-state index contributed by atoms with van der Waals surface area (Å²) >= 11 is 0. The first kappa shape index (κ1) is 22.6. The van der Waals surface area contributed by atoms with E-state index >= 15 is 0 Å². The molecule has 0 unspecified atom stereocenters. The van der Waals surface area contributed by atoms with Gasteiger partial charge in [-0.3, -0.25) is 14.4 Å². The van der Waals surface area contributed by atoms with Crippen LogP contribution in [-0.4, -0.2) is 57.7 Å². The van der Waals surface area contributed by atoms with Crippen LogP contribution in [0, 0.1) is 6.92 Å². The van der Waals surface area contributed by atoms with Gasteiger partial charge in [0.25, 0.3) is 0 Å². The molecule has 1 saturated heterocycles. The molecule has 1 aromatic heterocycles. The number of hydrogen-bond donors (Lipinski definition) is 1. The molecule has 3 heterocycles. The van der Waals surface area contributed by atoms with E-state index in [1.165, 1.54) is 4.68 Å². The van der Waals surface area contributed by atoms with Crippen LogP contribution in [0.4, 0.5) is 18.9 Å². The second-order valence-corrected chi connectivity index (χ2v) is 8.84. The number of para-hydroxylation sites is 1. The molecule has 2 aliphatic heterocycles. The molecule has 1 amide bonds. The highest BCUT2D eigenvalue weighted by Gasteiger charge is 2.35. The minimum atomic E-state index is -4.49. The normalized spacial score (nSPS) is 22.2. The maximum Gasteiger partial charge on any atom is 0.435 e. The molecule has 1 N–H and O–H groups in total. The van der Waals surface area contributed by atoms with E-state index in [1.807, 2.05) is 29.2 Å². The summed E-state index contributed by atoms with van der Waals surface area (Å²) in [7, 11) is 2.13. The lowest BCUT2D eigenvalue weighted by Gasteiger charge is -2.31. The van der Waals surface area contributed by atoms with Crippen LogP contribution in [0.2, 0.25) is 0 Å². The third kappa shape index (κ3) is 4.92. The minimum Gasteiger partial charge on any atom is -0.385 e. The Hall–Kier alpha value is -2.55.